The fourth-order valence-corrected chi connectivity index (χ4v) is 7.25. The second-order valence-electron chi connectivity index (χ2n) is 15.1. The van der Waals surface area contributed by atoms with E-state index < -0.39 is 10.3 Å². The summed E-state index contributed by atoms with van der Waals surface area (Å²) in [4.78, 5) is 2.14. The lowest BCUT2D eigenvalue weighted by atomic mass is 10.1. The van der Waals surface area contributed by atoms with Crippen LogP contribution in [0.5, 0.6) is 0 Å². The van der Waals surface area contributed by atoms with E-state index in [1.165, 1.54) is 161 Å². The maximum absolute atomic E-state index is 12.5. The normalized spacial score (nSPS) is 13.0. The average molecular weight is 771 g/mol. The molecule has 0 aliphatic rings. The van der Waals surface area contributed by atoms with Crippen molar-refractivity contribution in [2.75, 3.05) is 52.6 Å². The highest BCUT2D eigenvalue weighted by Gasteiger charge is 2.17. The summed E-state index contributed by atoms with van der Waals surface area (Å²) < 4.78 is 45.0. The van der Waals surface area contributed by atoms with Gasteiger partial charge in [-0.05, 0) is 77.3 Å². The van der Waals surface area contributed by atoms with Crippen molar-refractivity contribution in [2.24, 2.45) is 0 Å². The SMILES string of the molecule is CCCCCCCC/C=C\CCCCCCCCOCC(CNS(=O)(=O)OCCN(CC)CC)OCCCCCCCC/C=C\CCCCCCCC. The van der Waals surface area contributed by atoms with Crippen LogP contribution >= 0.6 is 0 Å². The minimum absolute atomic E-state index is 0.143. The van der Waals surface area contributed by atoms with Gasteiger partial charge in [0.25, 0.3) is 0 Å². The van der Waals surface area contributed by atoms with Gasteiger partial charge in [-0.2, -0.15) is 13.1 Å². The van der Waals surface area contributed by atoms with Gasteiger partial charge in [-0.15, -0.1) is 0 Å². The highest BCUT2D eigenvalue weighted by atomic mass is 32.2. The molecule has 0 saturated heterocycles. The van der Waals surface area contributed by atoms with E-state index >= 15 is 0 Å². The summed E-state index contributed by atoms with van der Waals surface area (Å²) in [6.45, 7) is 13.0. The largest absolute Gasteiger partial charge is 0.379 e. The Morgan fingerprint density at radius 3 is 1.34 bits per heavy atom. The second-order valence-corrected chi connectivity index (χ2v) is 16.5. The van der Waals surface area contributed by atoms with Crippen LogP contribution in [0.25, 0.3) is 0 Å². The molecule has 1 atom stereocenters. The predicted octanol–water partition coefficient (Wildman–Crippen LogP) is 12.7. The molecule has 53 heavy (non-hydrogen) atoms. The van der Waals surface area contributed by atoms with Gasteiger partial charge in [0.2, 0.25) is 0 Å². The molecule has 0 aliphatic carbocycles. The average Bonchev–Trinajstić information content (AvgIpc) is 3.15. The molecule has 316 valence electrons. The number of ether oxygens (including phenoxy) is 2. The fraction of sp³-hybridized carbons (Fsp3) is 0.911. The Balaban J connectivity index is 4.16. The van der Waals surface area contributed by atoms with Crippen LogP contribution in [0.2, 0.25) is 0 Å². The summed E-state index contributed by atoms with van der Waals surface area (Å²) in [5, 5.41) is 0. The summed E-state index contributed by atoms with van der Waals surface area (Å²) in [5.41, 5.74) is 0. The molecule has 8 heteroatoms. The van der Waals surface area contributed by atoms with Gasteiger partial charge in [0.05, 0.1) is 19.3 Å². The number of hydrogen-bond acceptors (Lipinski definition) is 6. The third-order valence-corrected chi connectivity index (χ3v) is 11.1. The number of likely N-dealkylation sites (N-methyl/N-ethyl adjacent to an activating group) is 1. The van der Waals surface area contributed by atoms with E-state index in [1.54, 1.807) is 0 Å². The Bertz CT molecular complexity index is 878. The van der Waals surface area contributed by atoms with Crippen molar-refractivity contribution in [1.29, 1.82) is 0 Å². The molecule has 0 aromatic rings. The standard InChI is InChI=1S/C45H90N2O5S/c1-5-9-11-13-15-17-19-21-23-25-27-29-31-33-35-37-40-50-44-45(43-46-53(48,49)52-42-39-47(7-3)8-4)51-41-38-36-34-32-30-28-26-24-22-20-18-16-14-12-10-6-2/h21-24,45-46H,5-20,25-44H2,1-4H3/b23-21-,24-22-. The third-order valence-electron chi connectivity index (χ3n) is 10.1. The Kier molecular flexibility index (Phi) is 41.8. The summed E-state index contributed by atoms with van der Waals surface area (Å²) >= 11 is 0. The number of nitrogens with zero attached hydrogens (tertiary/aromatic N) is 1. The van der Waals surface area contributed by atoms with Crippen LogP contribution in [0.4, 0.5) is 0 Å². The van der Waals surface area contributed by atoms with E-state index in [0.29, 0.717) is 26.4 Å². The van der Waals surface area contributed by atoms with E-state index in [4.69, 9.17) is 13.7 Å². The van der Waals surface area contributed by atoms with Gasteiger partial charge < -0.3 is 14.4 Å². The van der Waals surface area contributed by atoms with Crippen LogP contribution in [-0.2, 0) is 24.0 Å². The first kappa shape index (κ1) is 52.2. The van der Waals surface area contributed by atoms with Gasteiger partial charge in [0.1, 0.15) is 0 Å². The van der Waals surface area contributed by atoms with Crippen LogP contribution in [0.1, 0.15) is 207 Å². The van der Waals surface area contributed by atoms with Crippen LogP contribution in [0, 0.1) is 0 Å². The van der Waals surface area contributed by atoms with Crippen LogP contribution in [0.3, 0.4) is 0 Å². The third kappa shape index (κ3) is 40.7. The second kappa shape index (κ2) is 42.4. The molecule has 0 saturated carbocycles. The summed E-state index contributed by atoms with van der Waals surface area (Å²) in [6, 6.07) is 0. The molecule has 0 radical (unpaired) electrons. The molecule has 0 aromatic carbocycles. The molecule has 7 nitrogen and oxygen atoms in total. The summed E-state index contributed by atoms with van der Waals surface area (Å²) in [7, 11) is -3.83. The molecule has 0 spiro atoms. The van der Waals surface area contributed by atoms with Crippen molar-refractivity contribution in [1.82, 2.24) is 9.62 Å². The molecule has 0 fully saturated rings. The minimum atomic E-state index is -3.83. The zero-order valence-corrected chi connectivity index (χ0v) is 36.6. The first-order chi connectivity index (χ1) is 26.0. The first-order valence-corrected chi connectivity index (χ1v) is 24.2. The highest BCUT2D eigenvalue weighted by molar-refractivity contribution is 7.84. The molecule has 0 amide bonds. The Morgan fingerprint density at radius 2 is 0.906 bits per heavy atom. The maximum Gasteiger partial charge on any atom is 0.335 e. The van der Waals surface area contributed by atoms with Gasteiger partial charge >= 0.3 is 10.3 Å². The molecule has 1 N–H and O–H groups in total. The van der Waals surface area contributed by atoms with Crippen molar-refractivity contribution in [3.05, 3.63) is 24.3 Å². The molecule has 0 heterocycles. The molecule has 0 rings (SSSR count). The van der Waals surface area contributed by atoms with Gasteiger partial charge in [0.15, 0.2) is 0 Å². The number of allylic oxidation sites excluding steroid dienone is 4. The number of nitrogens with one attached hydrogen (secondary N) is 1. The highest BCUT2D eigenvalue weighted by Crippen LogP contribution is 2.12. The molecule has 0 aromatic heterocycles. The van der Waals surface area contributed by atoms with E-state index in [0.717, 1.165) is 32.4 Å². The lowest BCUT2D eigenvalue weighted by Crippen LogP contribution is -2.38. The van der Waals surface area contributed by atoms with E-state index in [-0.39, 0.29) is 19.3 Å². The van der Waals surface area contributed by atoms with Gasteiger partial charge in [-0.3, -0.25) is 4.18 Å². The van der Waals surface area contributed by atoms with Crippen LogP contribution in [-0.4, -0.2) is 72.0 Å². The molecular formula is C45H90N2O5S. The zero-order valence-electron chi connectivity index (χ0n) is 35.7. The van der Waals surface area contributed by atoms with Crippen molar-refractivity contribution < 1.29 is 22.1 Å². The first-order valence-electron chi connectivity index (χ1n) is 22.8. The maximum atomic E-state index is 12.5. The van der Waals surface area contributed by atoms with E-state index in [1.807, 2.05) is 0 Å². The Labute approximate surface area is 331 Å². The number of unbranched alkanes of at least 4 members (excludes halogenated alkanes) is 24. The summed E-state index contributed by atoms with van der Waals surface area (Å²) in [5.74, 6) is 0. The molecular weight excluding hydrogens is 681 g/mol. The van der Waals surface area contributed by atoms with E-state index in [9.17, 15) is 8.42 Å². The zero-order chi connectivity index (χ0) is 38.8. The number of hydrogen-bond donors (Lipinski definition) is 1. The fourth-order valence-electron chi connectivity index (χ4n) is 6.48. The van der Waals surface area contributed by atoms with Crippen molar-refractivity contribution in [3.8, 4) is 0 Å². The lowest BCUT2D eigenvalue weighted by Gasteiger charge is -2.20. The quantitative estimate of drug-likeness (QED) is 0.0491. The lowest BCUT2D eigenvalue weighted by molar-refractivity contribution is -0.0155. The van der Waals surface area contributed by atoms with Crippen molar-refractivity contribution in [3.63, 3.8) is 0 Å². The molecule has 1 unspecified atom stereocenters. The smallest absolute Gasteiger partial charge is 0.335 e. The van der Waals surface area contributed by atoms with Gasteiger partial charge in [-0.25, -0.2) is 0 Å². The minimum Gasteiger partial charge on any atom is -0.379 e. The van der Waals surface area contributed by atoms with Crippen LogP contribution in [0.15, 0.2) is 24.3 Å². The van der Waals surface area contributed by atoms with Gasteiger partial charge in [0, 0.05) is 26.3 Å². The summed E-state index contributed by atoms with van der Waals surface area (Å²) in [6.07, 6.45) is 45.0. The monoisotopic (exact) mass is 771 g/mol. The topological polar surface area (TPSA) is 77.1 Å². The number of rotatable bonds is 44. The van der Waals surface area contributed by atoms with Crippen molar-refractivity contribution >= 4 is 10.3 Å². The van der Waals surface area contributed by atoms with Crippen molar-refractivity contribution in [2.45, 2.75) is 214 Å². The predicted molar refractivity (Wildman–Crippen MR) is 230 cm³/mol. The van der Waals surface area contributed by atoms with Crippen LogP contribution < -0.4 is 4.72 Å². The Hall–Kier alpha value is -0.770. The van der Waals surface area contributed by atoms with Gasteiger partial charge in [-0.1, -0.05) is 168 Å². The molecule has 0 aliphatic heterocycles. The molecule has 0 bridgehead atoms. The Morgan fingerprint density at radius 1 is 0.509 bits per heavy atom. The van der Waals surface area contributed by atoms with E-state index in [2.05, 4.69) is 61.6 Å².